The Morgan fingerprint density at radius 1 is 1.04 bits per heavy atom. The van der Waals surface area contributed by atoms with Crippen molar-refractivity contribution in [2.45, 2.75) is 0 Å². The predicted octanol–water partition coefficient (Wildman–Crippen LogP) is 1.74. The maximum Gasteiger partial charge on any atom is 0.358 e. The van der Waals surface area contributed by atoms with Crippen LogP contribution in [0.2, 0.25) is 0 Å². The molecule has 7 nitrogen and oxygen atoms in total. The van der Waals surface area contributed by atoms with Crippen LogP contribution in [0.4, 0.5) is 15.9 Å². The van der Waals surface area contributed by atoms with E-state index in [1.54, 1.807) is 18.2 Å². The highest BCUT2D eigenvalue weighted by atomic mass is 19.1. The van der Waals surface area contributed by atoms with Gasteiger partial charge < -0.3 is 19.3 Å². The molecular formula is C17H19FN4O3. The second kappa shape index (κ2) is 7.33. The summed E-state index contributed by atoms with van der Waals surface area (Å²) in [5, 5.41) is 7.99. The van der Waals surface area contributed by atoms with Crippen LogP contribution in [0, 0.1) is 5.82 Å². The number of hydrogen-bond donors (Lipinski definition) is 0. The van der Waals surface area contributed by atoms with Gasteiger partial charge in [-0.15, -0.1) is 10.2 Å². The van der Waals surface area contributed by atoms with Crippen LogP contribution in [-0.4, -0.2) is 56.6 Å². The van der Waals surface area contributed by atoms with Crippen molar-refractivity contribution >= 4 is 17.5 Å². The largest absolute Gasteiger partial charge is 0.494 e. The Bertz CT molecular complexity index is 746. The van der Waals surface area contributed by atoms with E-state index in [9.17, 15) is 9.18 Å². The van der Waals surface area contributed by atoms with E-state index in [1.807, 2.05) is 0 Å². The van der Waals surface area contributed by atoms with Crippen LogP contribution < -0.4 is 14.5 Å². The molecule has 0 spiro atoms. The number of piperazine rings is 1. The van der Waals surface area contributed by atoms with Gasteiger partial charge in [-0.05, 0) is 24.3 Å². The normalized spacial score (nSPS) is 14.4. The molecule has 2 aromatic rings. The van der Waals surface area contributed by atoms with Crippen LogP contribution in [-0.2, 0) is 4.74 Å². The summed E-state index contributed by atoms with van der Waals surface area (Å²) in [6.07, 6.45) is 0. The number of carbonyl (C=O) groups is 1. The Hall–Kier alpha value is -2.90. The lowest BCUT2D eigenvalue weighted by Crippen LogP contribution is -2.47. The zero-order valence-corrected chi connectivity index (χ0v) is 14.1. The molecule has 1 aromatic carbocycles. The van der Waals surface area contributed by atoms with Crippen LogP contribution >= 0.6 is 0 Å². The minimum absolute atomic E-state index is 0.181. The summed E-state index contributed by atoms with van der Waals surface area (Å²) in [4.78, 5) is 15.6. The van der Waals surface area contributed by atoms with E-state index < -0.39 is 5.97 Å². The lowest BCUT2D eigenvalue weighted by Gasteiger charge is -2.37. The van der Waals surface area contributed by atoms with Gasteiger partial charge in [0.1, 0.15) is 11.6 Å². The van der Waals surface area contributed by atoms with Gasteiger partial charge in [0.05, 0.1) is 19.9 Å². The van der Waals surface area contributed by atoms with E-state index >= 15 is 0 Å². The van der Waals surface area contributed by atoms with Crippen molar-refractivity contribution in [1.29, 1.82) is 0 Å². The molecule has 0 bridgehead atoms. The van der Waals surface area contributed by atoms with Gasteiger partial charge in [-0.1, -0.05) is 0 Å². The van der Waals surface area contributed by atoms with E-state index in [2.05, 4.69) is 24.7 Å². The Labute approximate surface area is 145 Å². The van der Waals surface area contributed by atoms with E-state index in [4.69, 9.17) is 4.74 Å². The number of ether oxygens (including phenoxy) is 2. The number of nitrogens with zero attached hydrogens (tertiary/aromatic N) is 4. The molecule has 0 unspecified atom stereocenters. The molecule has 1 fully saturated rings. The monoisotopic (exact) mass is 346 g/mol. The lowest BCUT2D eigenvalue weighted by atomic mass is 10.2. The summed E-state index contributed by atoms with van der Waals surface area (Å²) in [5.74, 6) is 0.404. The van der Waals surface area contributed by atoms with Crippen molar-refractivity contribution in [2.75, 3.05) is 50.2 Å². The van der Waals surface area contributed by atoms with Crippen LogP contribution in [0.5, 0.6) is 5.75 Å². The fourth-order valence-corrected chi connectivity index (χ4v) is 2.80. The average Bonchev–Trinajstić information content (AvgIpc) is 2.67. The summed E-state index contributed by atoms with van der Waals surface area (Å²) in [6.45, 7) is 2.93. The lowest BCUT2D eigenvalue weighted by molar-refractivity contribution is 0.0592. The number of esters is 1. The quantitative estimate of drug-likeness (QED) is 0.781. The van der Waals surface area contributed by atoms with Crippen molar-refractivity contribution < 1.29 is 18.7 Å². The van der Waals surface area contributed by atoms with Crippen LogP contribution in [0.3, 0.4) is 0 Å². The smallest absolute Gasteiger partial charge is 0.358 e. The Kier molecular flexibility index (Phi) is 4.97. The fourth-order valence-electron chi connectivity index (χ4n) is 2.80. The number of benzene rings is 1. The first kappa shape index (κ1) is 16.9. The topological polar surface area (TPSA) is 67.8 Å². The number of hydrogen-bond acceptors (Lipinski definition) is 7. The highest BCUT2D eigenvalue weighted by molar-refractivity contribution is 5.87. The standard InChI is InChI=1S/C17H19FN4O3/c1-24-15-11-12(18)3-5-14(15)21-7-9-22(10-8-21)16-6-4-13(19-20-16)17(23)25-2/h3-6,11H,7-10H2,1-2H3. The van der Waals surface area contributed by atoms with Crippen molar-refractivity contribution in [3.05, 3.63) is 41.8 Å². The van der Waals surface area contributed by atoms with Gasteiger partial charge in [-0.3, -0.25) is 0 Å². The number of carbonyl (C=O) groups excluding carboxylic acids is 1. The summed E-state index contributed by atoms with van der Waals surface area (Å²) in [5.41, 5.74) is 1.05. The summed E-state index contributed by atoms with van der Waals surface area (Å²) in [6, 6.07) is 7.91. The molecule has 8 heteroatoms. The molecule has 132 valence electrons. The molecule has 0 atom stereocenters. The van der Waals surface area contributed by atoms with E-state index in [-0.39, 0.29) is 11.5 Å². The first-order chi connectivity index (χ1) is 12.1. The van der Waals surface area contributed by atoms with Crippen LogP contribution in [0.25, 0.3) is 0 Å². The molecule has 0 radical (unpaired) electrons. The third-order valence-corrected chi connectivity index (χ3v) is 4.13. The average molecular weight is 346 g/mol. The SMILES string of the molecule is COC(=O)c1ccc(N2CCN(c3ccc(F)cc3OC)CC2)nn1. The number of aromatic nitrogens is 2. The number of halogens is 1. The van der Waals surface area contributed by atoms with Crippen molar-refractivity contribution in [1.82, 2.24) is 10.2 Å². The van der Waals surface area contributed by atoms with E-state index in [0.717, 1.165) is 31.9 Å². The van der Waals surface area contributed by atoms with E-state index in [1.165, 1.54) is 26.4 Å². The fraction of sp³-hybridized carbons (Fsp3) is 0.353. The zero-order valence-electron chi connectivity index (χ0n) is 14.1. The van der Waals surface area contributed by atoms with Crippen LogP contribution in [0.1, 0.15) is 10.5 Å². The molecule has 1 aromatic heterocycles. The summed E-state index contributed by atoms with van der Waals surface area (Å²) in [7, 11) is 2.84. The maximum atomic E-state index is 13.3. The summed E-state index contributed by atoms with van der Waals surface area (Å²) < 4.78 is 23.2. The molecule has 0 aliphatic carbocycles. The molecular weight excluding hydrogens is 327 g/mol. The molecule has 1 aliphatic rings. The van der Waals surface area contributed by atoms with E-state index in [0.29, 0.717) is 11.6 Å². The third kappa shape index (κ3) is 3.62. The predicted molar refractivity (Wildman–Crippen MR) is 90.7 cm³/mol. The Morgan fingerprint density at radius 2 is 1.76 bits per heavy atom. The number of anilines is 2. The van der Waals surface area contributed by atoms with Gasteiger partial charge >= 0.3 is 5.97 Å². The van der Waals surface area contributed by atoms with Gasteiger partial charge in [0.25, 0.3) is 0 Å². The molecule has 0 amide bonds. The molecule has 25 heavy (non-hydrogen) atoms. The first-order valence-corrected chi connectivity index (χ1v) is 7.88. The minimum atomic E-state index is -0.507. The molecule has 1 aliphatic heterocycles. The second-order valence-electron chi connectivity index (χ2n) is 5.56. The van der Waals surface area contributed by atoms with Gasteiger partial charge in [0.2, 0.25) is 0 Å². The minimum Gasteiger partial charge on any atom is -0.494 e. The third-order valence-electron chi connectivity index (χ3n) is 4.13. The van der Waals surface area contributed by atoms with Crippen molar-refractivity contribution in [3.8, 4) is 5.75 Å². The highest BCUT2D eigenvalue weighted by Gasteiger charge is 2.21. The Morgan fingerprint density at radius 3 is 2.36 bits per heavy atom. The van der Waals surface area contributed by atoms with Gasteiger partial charge in [0, 0.05) is 32.2 Å². The van der Waals surface area contributed by atoms with Crippen LogP contribution in [0.15, 0.2) is 30.3 Å². The highest BCUT2D eigenvalue weighted by Crippen LogP contribution is 2.30. The summed E-state index contributed by atoms with van der Waals surface area (Å²) >= 11 is 0. The van der Waals surface area contributed by atoms with Gasteiger partial charge in [-0.2, -0.15) is 0 Å². The van der Waals surface area contributed by atoms with Crippen molar-refractivity contribution in [2.24, 2.45) is 0 Å². The zero-order chi connectivity index (χ0) is 17.8. The second-order valence-corrected chi connectivity index (χ2v) is 5.56. The number of rotatable bonds is 4. The van der Waals surface area contributed by atoms with Gasteiger partial charge in [0.15, 0.2) is 11.5 Å². The molecule has 0 saturated carbocycles. The molecule has 3 rings (SSSR count). The van der Waals surface area contributed by atoms with Crippen molar-refractivity contribution in [3.63, 3.8) is 0 Å². The Balaban J connectivity index is 1.67. The molecule has 2 heterocycles. The molecule has 0 N–H and O–H groups in total. The molecule has 1 saturated heterocycles. The van der Waals surface area contributed by atoms with Gasteiger partial charge in [-0.25, -0.2) is 9.18 Å². The maximum absolute atomic E-state index is 13.3. The first-order valence-electron chi connectivity index (χ1n) is 7.88. The number of methoxy groups -OCH3 is 2.